The highest BCUT2D eigenvalue weighted by atomic mass is 19.1. The zero-order valence-corrected chi connectivity index (χ0v) is 17.0. The van der Waals surface area contributed by atoms with Crippen LogP contribution in [-0.2, 0) is 11.2 Å². The third-order valence-corrected chi connectivity index (χ3v) is 5.71. The van der Waals surface area contributed by atoms with Crippen molar-refractivity contribution in [2.45, 2.75) is 38.1 Å². The molecular formula is C24H29FN2O2. The number of halogens is 1. The topological polar surface area (TPSA) is 40.6 Å². The fourth-order valence-corrected chi connectivity index (χ4v) is 3.86. The first-order chi connectivity index (χ1) is 14.0. The minimum atomic E-state index is -0.369. The normalized spacial score (nSPS) is 17.1. The number of likely N-dealkylation sites (tertiary alicyclic amines) is 1. The molecule has 1 aliphatic rings. The number of amides is 1. The van der Waals surface area contributed by atoms with E-state index in [9.17, 15) is 14.0 Å². The van der Waals surface area contributed by atoms with E-state index >= 15 is 0 Å². The van der Waals surface area contributed by atoms with Crippen LogP contribution in [0.3, 0.4) is 0 Å². The summed E-state index contributed by atoms with van der Waals surface area (Å²) in [5, 5.41) is 0. The molecule has 2 aromatic rings. The van der Waals surface area contributed by atoms with Gasteiger partial charge in [-0.05, 0) is 55.6 Å². The molecule has 0 aromatic heterocycles. The van der Waals surface area contributed by atoms with Crippen LogP contribution in [-0.4, -0.2) is 54.2 Å². The Labute approximate surface area is 172 Å². The minimum Gasteiger partial charge on any atom is -0.341 e. The number of hydrogen-bond acceptors (Lipinski definition) is 3. The summed E-state index contributed by atoms with van der Waals surface area (Å²) in [6, 6.07) is 16.1. The number of nitrogens with zero attached hydrogens (tertiary/aromatic N) is 2. The lowest BCUT2D eigenvalue weighted by atomic mass is 10.0. The zero-order valence-electron chi connectivity index (χ0n) is 17.0. The second-order valence-electron chi connectivity index (χ2n) is 7.77. The van der Waals surface area contributed by atoms with Crippen LogP contribution in [0.25, 0.3) is 0 Å². The van der Waals surface area contributed by atoms with Crippen LogP contribution in [0.4, 0.5) is 4.39 Å². The van der Waals surface area contributed by atoms with E-state index in [-0.39, 0.29) is 36.4 Å². The summed E-state index contributed by atoms with van der Waals surface area (Å²) in [5.41, 5.74) is 1.78. The molecule has 1 atom stereocenters. The largest absolute Gasteiger partial charge is 0.341 e. The quantitative estimate of drug-likeness (QED) is 0.635. The van der Waals surface area contributed by atoms with Crippen molar-refractivity contribution in [3.63, 3.8) is 0 Å². The van der Waals surface area contributed by atoms with Gasteiger partial charge in [0.25, 0.3) is 0 Å². The van der Waals surface area contributed by atoms with Gasteiger partial charge in [-0.15, -0.1) is 0 Å². The lowest BCUT2D eigenvalue weighted by Gasteiger charge is -2.37. The van der Waals surface area contributed by atoms with Crippen LogP contribution in [0.2, 0.25) is 0 Å². The summed E-state index contributed by atoms with van der Waals surface area (Å²) in [5.74, 6) is -0.498. The number of ketones is 1. The first-order valence-electron chi connectivity index (χ1n) is 10.3. The van der Waals surface area contributed by atoms with E-state index in [1.807, 2.05) is 18.0 Å². The zero-order chi connectivity index (χ0) is 20.6. The molecular weight excluding hydrogens is 367 g/mol. The van der Waals surface area contributed by atoms with Gasteiger partial charge in [0.15, 0.2) is 5.78 Å². The van der Waals surface area contributed by atoms with Crippen molar-refractivity contribution < 1.29 is 14.0 Å². The van der Waals surface area contributed by atoms with Crippen molar-refractivity contribution in [1.29, 1.82) is 0 Å². The Morgan fingerprint density at radius 1 is 1.07 bits per heavy atom. The van der Waals surface area contributed by atoms with E-state index < -0.39 is 0 Å². The van der Waals surface area contributed by atoms with E-state index in [1.54, 1.807) is 0 Å². The third kappa shape index (κ3) is 6.23. The number of benzene rings is 2. The summed E-state index contributed by atoms with van der Waals surface area (Å²) < 4.78 is 13.0. The average molecular weight is 397 g/mol. The van der Waals surface area contributed by atoms with E-state index in [2.05, 4.69) is 29.2 Å². The molecule has 29 heavy (non-hydrogen) atoms. The van der Waals surface area contributed by atoms with E-state index in [4.69, 9.17) is 0 Å². The molecule has 0 bridgehead atoms. The van der Waals surface area contributed by atoms with Crippen LogP contribution in [0.1, 0.15) is 41.6 Å². The predicted octanol–water partition coefficient (Wildman–Crippen LogP) is 3.95. The summed E-state index contributed by atoms with van der Waals surface area (Å²) in [6.07, 6.45) is 3.42. The van der Waals surface area contributed by atoms with Crippen molar-refractivity contribution >= 4 is 11.7 Å². The second-order valence-corrected chi connectivity index (χ2v) is 7.77. The lowest BCUT2D eigenvalue weighted by Crippen LogP contribution is -2.49. The van der Waals surface area contributed by atoms with Crippen molar-refractivity contribution in [1.82, 2.24) is 9.80 Å². The second kappa shape index (κ2) is 10.3. The third-order valence-electron chi connectivity index (χ3n) is 5.71. The molecule has 1 amide bonds. The summed E-state index contributed by atoms with van der Waals surface area (Å²) in [6.45, 7) is 2.93. The molecule has 0 unspecified atom stereocenters. The Morgan fingerprint density at radius 3 is 2.52 bits per heavy atom. The molecule has 5 heteroatoms. The summed E-state index contributed by atoms with van der Waals surface area (Å²) in [4.78, 5) is 29.1. The molecule has 2 aromatic carbocycles. The van der Waals surface area contributed by atoms with Gasteiger partial charge in [0.05, 0.1) is 0 Å². The SMILES string of the molecule is CN(C(=O)CCC(=O)c1ccc(F)cc1)[C@@H]1CCCN(CCc2ccccc2)C1. The standard InChI is InChI=1S/C24H29FN2O2/c1-26(24(29)14-13-23(28)20-9-11-21(25)12-10-20)22-8-5-16-27(18-22)17-15-19-6-3-2-4-7-19/h2-4,6-7,9-12,22H,5,8,13-18H2,1H3/t22-/m1/s1. The number of Topliss-reactive ketones (excluding diaryl/α,β-unsaturated/α-hetero) is 1. The molecule has 1 saturated heterocycles. The number of likely N-dealkylation sites (N-methyl/N-ethyl adjacent to an activating group) is 1. The maximum Gasteiger partial charge on any atom is 0.223 e. The number of hydrogen-bond donors (Lipinski definition) is 0. The molecule has 0 spiro atoms. The van der Waals surface area contributed by atoms with Gasteiger partial charge in [-0.2, -0.15) is 0 Å². The summed E-state index contributed by atoms with van der Waals surface area (Å²) >= 11 is 0. The molecule has 0 aliphatic carbocycles. The smallest absolute Gasteiger partial charge is 0.223 e. The number of piperidine rings is 1. The van der Waals surface area contributed by atoms with Crippen LogP contribution in [0.15, 0.2) is 54.6 Å². The molecule has 3 rings (SSSR count). The Balaban J connectivity index is 1.45. The molecule has 1 fully saturated rings. The highest BCUT2D eigenvalue weighted by Gasteiger charge is 2.26. The van der Waals surface area contributed by atoms with E-state index in [0.29, 0.717) is 5.56 Å². The molecule has 1 heterocycles. The van der Waals surface area contributed by atoms with Gasteiger partial charge < -0.3 is 9.80 Å². The Hall–Kier alpha value is -2.53. The van der Waals surface area contributed by atoms with Gasteiger partial charge in [-0.3, -0.25) is 9.59 Å². The van der Waals surface area contributed by atoms with E-state index in [1.165, 1.54) is 29.8 Å². The molecule has 0 radical (unpaired) electrons. The molecule has 0 N–H and O–H groups in total. The van der Waals surface area contributed by atoms with Crippen LogP contribution in [0.5, 0.6) is 0 Å². The Kier molecular flexibility index (Phi) is 7.53. The predicted molar refractivity (Wildman–Crippen MR) is 112 cm³/mol. The fourth-order valence-electron chi connectivity index (χ4n) is 3.86. The van der Waals surface area contributed by atoms with Crippen molar-refractivity contribution in [2.75, 3.05) is 26.7 Å². The van der Waals surface area contributed by atoms with Crippen LogP contribution >= 0.6 is 0 Å². The monoisotopic (exact) mass is 396 g/mol. The first-order valence-corrected chi connectivity index (χ1v) is 10.3. The maximum absolute atomic E-state index is 13.0. The van der Waals surface area contributed by atoms with Crippen LogP contribution in [0, 0.1) is 5.82 Å². The van der Waals surface area contributed by atoms with Gasteiger partial charge in [0.1, 0.15) is 5.82 Å². The molecule has 1 aliphatic heterocycles. The van der Waals surface area contributed by atoms with Crippen LogP contribution < -0.4 is 0 Å². The molecule has 4 nitrogen and oxygen atoms in total. The van der Waals surface area contributed by atoms with Gasteiger partial charge in [0.2, 0.25) is 5.91 Å². The Morgan fingerprint density at radius 2 is 1.79 bits per heavy atom. The highest BCUT2D eigenvalue weighted by molar-refractivity contribution is 5.97. The van der Waals surface area contributed by atoms with E-state index in [0.717, 1.165) is 38.9 Å². The van der Waals surface area contributed by atoms with Crippen molar-refractivity contribution in [3.05, 3.63) is 71.5 Å². The number of carbonyl (C=O) groups is 2. The Bertz CT molecular complexity index is 807. The lowest BCUT2D eigenvalue weighted by molar-refractivity contribution is -0.133. The average Bonchev–Trinajstić information content (AvgIpc) is 2.76. The minimum absolute atomic E-state index is 0.00429. The van der Waals surface area contributed by atoms with Gasteiger partial charge in [-0.1, -0.05) is 30.3 Å². The molecule has 154 valence electrons. The maximum atomic E-state index is 13.0. The van der Waals surface area contributed by atoms with Gasteiger partial charge >= 0.3 is 0 Å². The number of carbonyl (C=O) groups excluding carboxylic acids is 2. The molecule has 0 saturated carbocycles. The van der Waals surface area contributed by atoms with Gasteiger partial charge in [-0.25, -0.2) is 4.39 Å². The van der Waals surface area contributed by atoms with Crippen molar-refractivity contribution in [3.8, 4) is 0 Å². The van der Waals surface area contributed by atoms with Gasteiger partial charge in [0, 0.05) is 44.6 Å². The summed E-state index contributed by atoms with van der Waals surface area (Å²) in [7, 11) is 1.84. The van der Waals surface area contributed by atoms with Crippen molar-refractivity contribution in [2.24, 2.45) is 0 Å². The first kappa shape index (κ1) is 21.2. The highest BCUT2D eigenvalue weighted by Crippen LogP contribution is 2.17. The fraction of sp³-hybridized carbons (Fsp3) is 0.417. The number of rotatable bonds is 8.